The molecule has 0 aromatic carbocycles. The van der Waals surface area contributed by atoms with Crippen molar-refractivity contribution in [3.63, 3.8) is 0 Å². The van der Waals surface area contributed by atoms with Gasteiger partial charge in [-0.05, 0) is 13.3 Å². The van der Waals surface area contributed by atoms with E-state index in [1.807, 2.05) is 6.92 Å². The van der Waals surface area contributed by atoms with Crippen molar-refractivity contribution < 1.29 is 0 Å². The van der Waals surface area contributed by atoms with Gasteiger partial charge in [0, 0.05) is 18.5 Å². The van der Waals surface area contributed by atoms with Crippen LogP contribution in [0.2, 0.25) is 5.15 Å². The summed E-state index contributed by atoms with van der Waals surface area (Å²) in [4.78, 5) is 8.43. The molecule has 1 aromatic heterocycles. The lowest BCUT2D eigenvalue weighted by atomic mass is 10.2. The first-order valence-corrected chi connectivity index (χ1v) is 5.33. The lowest BCUT2D eigenvalue weighted by Gasteiger charge is -2.12. The van der Waals surface area contributed by atoms with Crippen molar-refractivity contribution in [1.82, 2.24) is 9.97 Å². The number of aryl methyl sites for hydroxylation is 1. The van der Waals surface area contributed by atoms with Gasteiger partial charge in [0.15, 0.2) is 0 Å². The average Bonchev–Trinajstić information content (AvgIpc) is 2.16. The van der Waals surface area contributed by atoms with Crippen LogP contribution in [0, 0.1) is 0 Å². The van der Waals surface area contributed by atoms with Gasteiger partial charge in [-0.2, -0.15) is 0 Å². The first-order chi connectivity index (χ1) is 6.65. The van der Waals surface area contributed by atoms with Crippen LogP contribution in [0.4, 0.5) is 5.82 Å². The summed E-state index contributed by atoms with van der Waals surface area (Å²) in [6.07, 6.45) is 1.86. The van der Waals surface area contributed by atoms with Crippen molar-refractivity contribution in [2.75, 3.05) is 5.32 Å². The van der Waals surface area contributed by atoms with Crippen molar-refractivity contribution in [2.45, 2.75) is 39.7 Å². The van der Waals surface area contributed by atoms with Gasteiger partial charge in [-0.15, -0.1) is 0 Å². The average molecular weight is 214 g/mol. The fourth-order valence-electron chi connectivity index (χ4n) is 1.05. The van der Waals surface area contributed by atoms with E-state index in [9.17, 15) is 0 Å². The molecule has 0 aliphatic heterocycles. The third-order valence-electron chi connectivity index (χ3n) is 2.06. The van der Waals surface area contributed by atoms with Gasteiger partial charge in [-0.25, -0.2) is 9.97 Å². The van der Waals surface area contributed by atoms with Crippen LogP contribution in [0.5, 0.6) is 0 Å². The smallest absolute Gasteiger partial charge is 0.134 e. The maximum Gasteiger partial charge on any atom is 0.134 e. The second-order valence-electron chi connectivity index (χ2n) is 3.30. The topological polar surface area (TPSA) is 37.8 Å². The molecule has 3 nitrogen and oxygen atoms in total. The summed E-state index contributed by atoms with van der Waals surface area (Å²) in [7, 11) is 0. The van der Waals surface area contributed by atoms with E-state index in [1.54, 1.807) is 6.07 Å². The summed E-state index contributed by atoms with van der Waals surface area (Å²) in [5.41, 5.74) is 0. The highest BCUT2D eigenvalue weighted by Gasteiger charge is 2.03. The van der Waals surface area contributed by atoms with Gasteiger partial charge < -0.3 is 5.32 Å². The molecule has 0 saturated heterocycles. The number of halogens is 1. The minimum atomic E-state index is 0.408. The number of hydrogen-bond donors (Lipinski definition) is 1. The van der Waals surface area contributed by atoms with Crippen molar-refractivity contribution in [2.24, 2.45) is 0 Å². The fraction of sp³-hybridized carbons (Fsp3) is 0.600. The number of aromatic nitrogens is 2. The molecule has 1 unspecified atom stereocenters. The third-order valence-corrected chi connectivity index (χ3v) is 2.26. The van der Waals surface area contributed by atoms with E-state index < -0.39 is 0 Å². The number of nitrogens with one attached hydrogen (secondary N) is 1. The molecule has 0 aliphatic rings. The first-order valence-electron chi connectivity index (χ1n) is 4.95. The van der Waals surface area contributed by atoms with E-state index in [-0.39, 0.29) is 0 Å². The predicted molar refractivity (Wildman–Crippen MR) is 59.8 cm³/mol. The van der Waals surface area contributed by atoms with Gasteiger partial charge in [-0.3, -0.25) is 0 Å². The van der Waals surface area contributed by atoms with Crippen LogP contribution < -0.4 is 5.32 Å². The second kappa shape index (κ2) is 5.15. The Morgan fingerprint density at radius 2 is 2.14 bits per heavy atom. The first kappa shape index (κ1) is 11.2. The quantitative estimate of drug-likeness (QED) is 0.782. The van der Waals surface area contributed by atoms with Crippen molar-refractivity contribution >= 4 is 17.4 Å². The van der Waals surface area contributed by atoms with E-state index in [1.165, 1.54) is 0 Å². The summed E-state index contributed by atoms with van der Waals surface area (Å²) in [5.74, 6) is 1.60. The molecular formula is C10H16ClN3. The maximum atomic E-state index is 5.86. The van der Waals surface area contributed by atoms with Crippen LogP contribution in [0.3, 0.4) is 0 Å². The molecule has 1 aromatic rings. The lowest BCUT2D eigenvalue weighted by molar-refractivity contribution is 0.755. The molecule has 0 amide bonds. The maximum absolute atomic E-state index is 5.86. The molecule has 0 saturated carbocycles. The van der Waals surface area contributed by atoms with Gasteiger partial charge in [0.05, 0.1) is 0 Å². The number of hydrogen-bond acceptors (Lipinski definition) is 3. The van der Waals surface area contributed by atoms with E-state index in [0.717, 1.165) is 24.5 Å². The van der Waals surface area contributed by atoms with Gasteiger partial charge in [0.1, 0.15) is 16.8 Å². The largest absolute Gasteiger partial charge is 0.367 e. The minimum Gasteiger partial charge on any atom is -0.367 e. The lowest BCUT2D eigenvalue weighted by Crippen LogP contribution is -2.15. The molecule has 1 rings (SSSR count). The van der Waals surface area contributed by atoms with E-state index in [0.29, 0.717) is 11.2 Å². The molecule has 4 heteroatoms. The van der Waals surface area contributed by atoms with Crippen molar-refractivity contribution in [3.8, 4) is 0 Å². The zero-order valence-corrected chi connectivity index (χ0v) is 9.60. The molecule has 1 atom stereocenters. The number of rotatable bonds is 4. The highest BCUT2D eigenvalue weighted by atomic mass is 35.5. The second-order valence-corrected chi connectivity index (χ2v) is 3.69. The molecule has 0 fully saturated rings. The Morgan fingerprint density at radius 3 is 2.71 bits per heavy atom. The summed E-state index contributed by atoms with van der Waals surface area (Å²) in [6.45, 7) is 6.25. The Morgan fingerprint density at radius 1 is 1.43 bits per heavy atom. The van der Waals surface area contributed by atoms with Gasteiger partial charge >= 0.3 is 0 Å². The highest BCUT2D eigenvalue weighted by Crippen LogP contribution is 2.13. The van der Waals surface area contributed by atoms with Crippen molar-refractivity contribution in [1.29, 1.82) is 0 Å². The van der Waals surface area contributed by atoms with Crippen LogP contribution in [0.1, 0.15) is 33.0 Å². The van der Waals surface area contributed by atoms with E-state index in [4.69, 9.17) is 11.6 Å². The molecular weight excluding hydrogens is 198 g/mol. The number of anilines is 1. The summed E-state index contributed by atoms with van der Waals surface area (Å²) in [6, 6.07) is 2.16. The zero-order valence-electron chi connectivity index (χ0n) is 8.84. The van der Waals surface area contributed by atoms with Crippen LogP contribution >= 0.6 is 11.6 Å². The SMILES string of the molecule is CCc1nc(Cl)cc(NC(C)CC)n1. The van der Waals surface area contributed by atoms with E-state index >= 15 is 0 Å². The Balaban J connectivity index is 2.81. The molecule has 1 N–H and O–H groups in total. The van der Waals surface area contributed by atoms with Crippen molar-refractivity contribution in [3.05, 3.63) is 17.0 Å². The molecule has 0 bridgehead atoms. The van der Waals surface area contributed by atoms with E-state index in [2.05, 4.69) is 29.1 Å². The Hall–Kier alpha value is -0.830. The molecule has 1 heterocycles. The summed E-state index contributed by atoms with van der Waals surface area (Å²) >= 11 is 5.86. The third kappa shape index (κ3) is 3.14. The van der Waals surface area contributed by atoms with Gasteiger partial charge in [0.2, 0.25) is 0 Å². The minimum absolute atomic E-state index is 0.408. The van der Waals surface area contributed by atoms with Crippen LogP contribution in [0.15, 0.2) is 6.07 Å². The fourth-order valence-corrected chi connectivity index (χ4v) is 1.25. The van der Waals surface area contributed by atoms with Gasteiger partial charge in [0.25, 0.3) is 0 Å². The molecule has 0 radical (unpaired) electrons. The normalized spacial score (nSPS) is 12.6. The standard InChI is InChI=1S/C10H16ClN3/c1-4-7(3)12-10-6-8(11)13-9(5-2)14-10/h6-7H,4-5H2,1-3H3,(H,12,13,14). The van der Waals surface area contributed by atoms with Crippen LogP contribution in [-0.4, -0.2) is 16.0 Å². The monoisotopic (exact) mass is 213 g/mol. The molecule has 78 valence electrons. The van der Waals surface area contributed by atoms with Crippen LogP contribution in [0.25, 0.3) is 0 Å². The Kier molecular flexibility index (Phi) is 4.14. The molecule has 0 aliphatic carbocycles. The molecule has 14 heavy (non-hydrogen) atoms. The molecule has 0 spiro atoms. The predicted octanol–water partition coefficient (Wildman–Crippen LogP) is 2.90. The highest BCUT2D eigenvalue weighted by molar-refractivity contribution is 6.29. The number of nitrogens with zero attached hydrogens (tertiary/aromatic N) is 2. The Bertz CT molecular complexity index is 301. The van der Waals surface area contributed by atoms with Gasteiger partial charge in [-0.1, -0.05) is 25.4 Å². The summed E-state index contributed by atoms with van der Waals surface area (Å²) < 4.78 is 0. The summed E-state index contributed by atoms with van der Waals surface area (Å²) in [5, 5.41) is 3.77. The zero-order chi connectivity index (χ0) is 10.6. The Labute approximate surface area is 89.9 Å². The van der Waals surface area contributed by atoms with Crippen LogP contribution in [-0.2, 0) is 6.42 Å².